The van der Waals surface area contributed by atoms with Gasteiger partial charge in [-0.2, -0.15) is 0 Å². The second-order valence-corrected chi connectivity index (χ2v) is 5.45. The van der Waals surface area contributed by atoms with Crippen LogP contribution in [0, 0.1) is 5.92 Å². The molecule has 0 aromatic rings. The summed E-state index contributed by atoms with van der Waals surface area (Å²) in [6.07, 6.45) is 0.506. The van der Waals surface area contributed by atoms with Crippen LogP contribution >= 0.6 is 7.75 Å². The zero-order valence-electron chi connectivity index (χ0n) is 10.5. The Morgan fingerprint density at radius 3 is 2.11 bits per heavy atom. The first-order valence-electron chi connectivity index (χ1n) is 5.45. The van der Waals surface area contributed by atoms with E-state index in [4.69, 9.17) is 14.9 Å². The molecule has 0 bridgehead atoms. The lowest BCUT2D eigenvalue weighted by Crippen LogP contribution is -2.50. The highest BCUT2D eigenvalue weighted by Crippen LogP contribution is 2.31. The van der Waals surface area contributed by atoms with Gasteiger partial charge in [0.25, 0.3) is 0 Å². The van der Waals surface area contributed by atoms with Gasteiger partial charge in [-0.05, 0) is 12.8 Å². The maximum absolute atomic E-state index is 11.8. The summed E-state index contributed by atoms with van der Waals surface area (Å²) in [5.41, 5.74) is 0. The van der Waals surface area contributed by atoms with Gasteiger partial charge in [0, 0.05) is 0 Å². The third-order valence-corrected chi connectivity index (χ3v) is 3.15. The van der Waals surface area contributed by atoms with E-state index in [1.165, 1.54) is 6.92 Å². The molecule has 0 saturated carbocycles. The third-order valence-electron chi connectivity index (χ3n) is 2.53. The monoisotopic (exact) mass is 282 g/mol. The molecule has 0 unspecified atom stereocenters. The van der Waals surface area contributed by atoms with Gasteiger partial charge < -0.3 is 20.2 Å². The van der Waals surface area contributed by atoms with E-state index in [9.17, 15) is 14.2 Å². The Morgan fingerprint density at radius 2 is 1.78 bits per heavy atom. The molecule has 0 rings (SSSR count). The summed E-state index contributed by atoms with van der Waals surface area (Å²) in [6, 6.07) is -2.26. The van der Waals surface area contributed by atoms with Gasteiger partial charge in [-0.1, -0.05) is 20.3 Å². The van der Waals surface area contributed by atoms with Crippen molar-refractivity contribution in [1.29, 1.82) is 0 Å². The Bertz CT molecular complexity index is 355. The normalized spacial score (nSPS) is 16.7. The van der Waals surface area contributed by atoms with Crippen LogP contribution in [0.2, 0.25) is 0 Å². The molecule has 0 aromatic heterocycles. The summed E-state index contributed by atoms with van der Waals surface area (Å²) < 4.78 is 10.9. The van der Waals surface area contributed by atoms with E-state index in [0.717, 1.165) is 0 Å². The fourth-order valence-electron chi connectivity index (χ4n) is 1.23. The van der Waals surface area contributed by atoms with Gasteiger partial charge in [0.15, 0.2) is 0 Å². The van der Waals surface area contributed by atoms with E-state index < -0.39 is 31.7 Å². The summed E-state index contributed by atoms with van der Waals surface area (Å²) in [6.45, 7) is 4.66. The van der Waals surface area contributed by atoms with Crippen LogP contribution in [-0.2, 0) is 14.2 Å². The molecular weight excluding hydrogens is 263 g/mol. The van der Waals surface area contributed by atoms with Crippen LogP contribution in [0.5, 0.6) is 0 Å². The minimum atomic E-state index is -4.57. The SMILES string of the molecule is CC[C@H](C)[C@H](NP(=O)(O)O)C(=O)N[C@@H](C)C(=O)O. The molecule has 0 aliphatic heterocycles. The van der Waals surface area contributed by atoms with Crippen LogP contribution in [0.25, 0.3) is 0 Å². The number of carboxylic acid groups (broad SMARTS) is 1. The maximum atomic E-state index is 11.8. The first-order valence-corrected chi connectivity index (χ1v) is 7.06. The van der Waals surface area contributed by atoms with Gasteiger partial charge in [-0.25, -0.2) is 9.65 Å². The van der Waals surface area contributed by atoms with Crippen molar-refractivity contribution in [3.8, 4) is 0 Å². The molecule has 0 fully saturated rings. The number of carbonyl (C=O) groups is 2. The van der Waals surface area contributed by atoms with Gasteiger partial charge in [0.05, 0.1) is 6.04 Å². The van der Waals surface area contributed by atoms with E-state index in [-0.39, 0.29) is 5.92 Å². The lowest BCUT2D eigenvalue weighted by atomic mass is 9.99. The molecule has 0 spiro atoms. The zero-order chi connectivity index (χ0) is 14.5. The lowest BCUT2D eigenvalue weighted by molar-refractivity contribution is -0.141. The molecule has 8 nitrogen and oxygen atoms in total. The predicted octanol–water partition coefficient (Wildman–Crippen LogP) is -0.327. The number of carboxylic acids is 1. The molecule has 18 heavy (non-hydrogen) atoms. The molecule has 106 valence electrons. The molecule has 5 N–H and O–H groups in total. The van der Waals surface area contributed by atoms with Crippen molar-refractivity contribution in [2.45, 2.75) is 39.3 Å². The van der Waals surface area contributed by atoms with E-state index in [1.54, 1.807) is 13.8 Å². The molecule has 0 radical (unpaired) electrons. The second-order valence-electron chi connectivity index (χ2n) is 4.10. The predicted molar refractivity (Wildman–Crippen MR) is 63.7 cm³/mol. The van der Waals surface area contributed by atoms with E-state index in [2.05, 4.69) is 5.32 Å². The molecule has 9 heteroatoms. The maximum Gasteiger partial charge on any atom is 0.401 e. The van der Waals surface area contributed by atoms with Crippen LogP contribution < -0.4 is 10.4 Å². The van der Waals surface area contributed by atoms with Gasteiger partial charge in [0.1, 0.15) is 6.04 Å². The van der Waals surface area contributed by atoms with Crippen molar-refractivity contribution in [1.82, 2.24) is 10.4 Å². The number of amides is 1. The van der Waals surface area contributed by atoms with E-state index >= 15 is 0 Å². The topological polar surface area (TPSA) is 136 Å². The van der Waals surface area contributed by atoms with E-state index in [1.807, 2.05) is 5.09 Å². The van der Waals surface area contributed by atoms with Crippen molar-refractivity contribution >= 4 is 19.6 Å². The van der Waals surface area contributed by atoms with Gasteiger partial charge in [-0.3, -0.25) is 9.59 Å². The fourth-order valence-corrected chi connectivity index (χ4v) is 1.96. The average Bonchev–Trinajstić information content (AvgIpc) is 2.23. The largest absolute Gasteiger partial charge is 0.480 e. The highest BCUT2D eigenvalue weighted by Gasteiger charge is 2.31. The van der Waals surface area contributed by atoms with E-state index in [0.29, 0.717) is 6.42 Å². The van der Waals surface area contributed by atoms with Crippen LogP contribution in [0.4, 0.5) is 0 Å². The number of aliphatic carboxylic acids is 1. The Balaban J connectivity index is 4.81. The molecule has 0 heterocycles. The number of nitrogens with one attached hydrogen (secondary N) is 2. The minimum Gasteiger partial charge on any atom is -0.480 e. The molecule has 0 aliphatic rings. The van der Waals surface area contributed by atoms with Gasteiger partial charge in [0.2, 0.25) is 5.91 Å². The minimum absolute atomic E-state index is 0.349. The van der Waals surface area contributed by atoms with Crippen LogP contribution in [0.1, 0.15) is 27.2 Å². The summed E-state index contributed by atoms with van der Waals surface area (Å²) in [7, 11) is -4.57. The molecule has 1 amide bonds. The van der Waals surface area contributed by atoms with Gasteiger partial charge in [-0.15, -0.1) is 0 Å². The lowest BCUT2D eigenvalue weighted by Gasteiger charge is -2.24. The van der Waals surface area contributed by atoms with Crippen molar-refractivity contribution in [3.05, 3.63) is 0 Å². The first-order chi connectivity index (χ1) is 8.08. The fraction of sp³-hybridized carbons (Fsp3) is 0.778. The van der Waals surface area contributed by atoms with Crippen molar-refractivity contribution in [2.24, 2.45) is 5.92 Å². The van der Waals surface area contributed by atoms with Gasteiger partial charge >= 0.3 is 13.7 Å². The summed E-state index contributed by atoms with van der Waals surface area (Å²) in [5, 5.41) is 12.7. The zero-order valence-corrected chi connectivity index (χ0v) is 11.3. The Labute approximate surface area is 105 Å². The summed E-state index contributed by atoms with van der Waals surface area (Å²) >= 11 is 0. The standard InChI is InChI=1S/C9H19N2O6P/c1-4-5(2)7(11-18(15,16)17)8(12)10-6(3)9(13)14/h5-7H,4H2,1-3H3,(H,10,12)(H,13,14)(H3,11,15,16,17)/t5-,6-,7-/m0/s1. The molecular formula is C9H19N2O6P. The number of carbonyl (C=O) groups excluding carboxylic acids is 1. The highest BCUT2D eigenvalue weighted by molar-refractivity contribution is 7.49. The number of hydrogen-bond acceptors (Lipinski definition) is 3. The van der Waals surface area contributed by atoms with Crippen molar-refractivity contribution in [2.75, 3.05) is 0 Å². The van der Waals surface area contributed by atoms with Crippen LogP contribution in [-0.4, -0.2) is 38.9 Å². The smallest absolute Gasteiger partial charge is 0.401 e. The Hall–Kier alpha value is -0.950. The number of rotatable bonds is 7. The Morgan fingerprint density at radius 1 is 1.28 bits per heavy atom. The van der Waals surface area contributed by atoms with Crippen molar-refractivity contribution in [3.63, 3.8) is 0 Å². The summed E-state index contributed by atoms with van der Waals surface area (Å²) in [5.74, 6) is -2.32. The highest BCUT2D eigenvalue weighted by atomic mass is 31.2. The molecule has 0 aliphatic carbocycles. The van der Waals surface area contributed by atoms with Crippen LogP contribution in [0.3, 0.4) is 0 Å². The Kier molecular flexibility index (Phi) is 6.48. The first kappa shape index (κ1) is 17.1. The third kappa shape index (κ3) is 6.11. The number of hydrogen-bond donors (Lipinski definition) is 5. The second kappa shape index (κ2) is 6.84. The van der Waals surface area contributed by atoms with Crippen molar-refractivity contribution < 1.29 is 29.0 Å². The van der Waals surface area contributed by atoms with Crippen LogP contribution in [0.15, 0.2) is 0 Å². The summed E-state index contributed by atoms with van der Waals surface area (Å²) in [4.78, 5) is 40.0. The molecule has 0 aromatic carbocycles. The molecule has 3 atom stereocenters. The molecule has 0 saturated heterocycles. The quantitative estimate of drug-likeness (QED) is 0.403. The average molecular weight is 282 g/mol.